The Bertz CT molecular complexity index is 675. The first-order chi connectivity index (χ1) is 11.4. The van der Waals surface area contributed by atoms with Crippen LogP contribution in [-0.4, -0.2) is 38.1 Å². The van der Waals surface area contributed by atoms with Crippen LogP contribution in [0.25, 0.3) is 0 Å². The van der Waals surface area contributed by atoms with E-state index in [1.54, 1.807) is 25.1 Å². The highest BCUT2D eigenvalue weighted by molar-refractivity contribution is 6.32. The van der Waals surface area contributed by atoms with E-state index in [0.29, 0.717) is 16.1 Å². The number of carbonyl (C=O) groups is 3. The fourth-order valence-corrected chi connectivity index (χ4v) is 3.57. The number of halogens is 1. The Hall–Kier alpha value is -2.08. The molecule has 130 valence electrons. The molecule has 1 aromatic rings. The summed E-state index contributed by atoms with van der Waals surface area (Å²) < 4.78 is 10.1. The number of rotatable bonds is 5. The molecule has 1 aliphatic carbocycles. The second-order valence-electron chi connectivity index (χ2n) is 5.66. The van der Waals surface area contributed by atoms with Gasteiger partial charge in [-0.2, -0.15) is 0 Å². The molecular weight excluding hydrogens is 334 g/mol. The molecule has 7 heteroatoms. The summed E-state index contributed by atoms with van der Waals surface area (Å²) in [6.07, 6.45) is 0.137. The molecule has 0 bridgehead atoms. The SMILES string of the molecule is CCOC(=O)C1(C(=O)OC)CC(CNC(C)=O)c2c(Cl)cccc21. The highest BCUT2D eigenvalue weighted by atomic mass is 35.5. The standard InChI is InChI=1S/C17H20ClNO5/c1-4-24-16(22)17(15(21)23-3)8-11(9-19-10(2)20)14-12(17)6-5-7-13(14)18/h5-7,11H,4,8-9H2,1-3H3,(H,19,20). The number of ether oxygens (including phenoxy) is 2. The van der Waals surface area contributed by atoms with Crippen molar-refractivity contribution in [2.75, 3.05) is 20.3 Å². The van der Waals surface area contributed by atoms with Gasteiger partial charge < -0.3 is 14.8 Å². The molecule has 0 spiro atoms. The fourth-order valence-electron chi connectivity index (χ4n) is 3.25. The van der Waals surface area contributed by atoms with Crippen molar-refractivity contribution in [2.45, 2.75) is 31.6 Å². The maximum atomic E-state index is 12.7. The van der Waals surface area contributed by atoms with E-state index >= 15 is 0 Å². The summed E-state index contributed by atoms with van der Waals surface area (Å²) in [5.41, 5.74) is -0.407. The molecule has 0 aliphatic heterocycles. The average molecular weight is 354 g/mol. The normalized spacial score (nSPS) is 21.8. The number of methoxy groups -OCH3 is 1. The van der Waals surface area contributed by atoms with Crippen molar-refractivity contribution in [3.05, 3.63) is 34.3 Å². The molecule has 0 fully saturated rings. The molecular formula is C17H20ClNO5. The number of hydrogen-bond acceptors (Lipinski definition) is 5. The third-order valence-corrected chi connectivity index (χ3v) is 4.56. The Morgan fingerprint density at radius 3 is 2.62 bits per heavy atom. The van der Waals surface area contributed by atoms with Gasteiger partial charge in [-0.15, -0.1) is 0 Å². The van der Waals surface area contributed by atoms with Crippen molar-refractivity contribution in [1.29, 1.82) is 0 Å². The van der Waals surface area contributed by atoms with Crippen LogP contribution in [0, 0.1) is 0 Å². The van der Waals surface area contributed by atoms with Gasteiger partial charge in [-0.3, -0.25) is 14.4 Å². The van der Waals surface area contributed by atoms with Crippen molar-refractivity contribution >= 4 is 29.4 Å². The van der Waals surface area contributed by atoms with Crippen LogP contribution >= 0.6 is 11.6 Å². The summed E-state index contributed by atoms with van der Waals surface area (Å²) in [5, 5.41) is 3.16. The van der Waals surface area contributed by atoms with Crippen LogP contribution < -0.4 is 5.32 Å². The quantitative estimate of drug-likeness (QED) is 0.646. The molecule has 0 saturated heterocycles. The predicted octanol–water partition coefficient (Wildman–Crippen LogP) is 1.94. The molecule has 24 heavy (non-hydrogen) atoms. The van der Waals surface area contributed by atoms with Crippen molar-refractivity contribution in [3.8, 4) is 0 Å². The summed E-state index contributed by atoms with van der Waals surface area (Å²) in [6.45, 7) is 3.49. The van der Waals surface area contributed by atoms with E-state index in [9.17, 15) is 14.4 Å². The topological polar surface area (TPSA) is 81.7 Å². The monoisotopic (exact) mass is 353 g/mol. The maximum absolute atomic E-state index is 12.7. The first-order valence-corrected chi connectivity index (χ1v) is 8.05. The summed E-state index contributed by atoms with van der Waals surface area (Å²) in [6, 6.07) is 5.06. The lowest BCUT2D eigenvalue weighted by Crippen LogP contribution is -2.44. The lowest BCUT2D eigenvalue weighted by atomic mass is 9.81. The van der Waals surface area contributed by atoms with Gasteiger partial charge in [0, 0.05) is 24.4 Å². The third kappa shape index (κ3) is 2.98. The number of benzene rings is 1. The van der Waals surface area contributed by atoms with Crippen molar-refractivity contribution in [1.82, 2.24) is 5.32 Å². The molecule has 1 aliphatic rings. The highest BCUT2D eigenvalue weighted by Crippen LogP contribution is 2.50. The molecule has 1 amide bonds. The van der Waals surface area contributed by atoms with Crippen molar-refractivity contribution in [2.24, 2.45) is 0 Å². The molecule has 6 nitrogen and oxygen atoms in total. The van der Waals surface area contributed by atoms with Gasteiger partial charge in [0.15, 0.2) is 5.41 Å². The molecule has 0 radical (unpaired) electrons. The van der Waals surface area contributed by atoms with Gasteiger partial charge in [-0.05, 0) is 30.5 Å². The van der Waals surface area contributed by atoms with Crippen molar-refractivity contribution in [3.63, 3.8) is 0 Å². The number of esters is 2. The largest absolute Gasteiger partial charge is 0.468 e. The van der Waals surface area contributed by atoms with Crippen LogP contribution in [-0.2, 0) is 29.3 Å². The Morgan fingerprint density at radius 1 is 1.33 bits per heavy atom. The lowest BCUT2D eigenvalue weighted by Gasteiger charge is -2.25. The molecule has 0 aromatic heterocycles. The van der Waals surface area contributed by atoms with E-state index in [1.165, 1.54) is 14.0 Å². The minimum absolute atomic E-state index is 0.137. The zero-order valence-electron chi connectivity index (χ0n) is 13.8. The van der Waals surface area contributed by atoms with Crippen molar-refractivity contribution < 1.29 is 23.9 Å². The highest BCUT2D eigenvalue weighted by Gasteiger charge is 2.57. The zero-order valence-corrected chi connectivity index (χ0v) is 14.6. The zero-order chi connectivity index (χ0) is 17.9. The molecule has 2 unspecified atom stereocenters. The van der Waals surface area contributed by atoms with Gasteiger partial charge in [0.05, 0.1) is 13.7 Å². The van der Waals surface area contributed by atoms with Crippen LogP contribution in [0.1, 0.15) is 37.3 Å². The Balaban J connectivity index is 2.57. The Kier molecular flexibility index (Phi) is 5.49. The summed E-state index contributed by atoms with van der Waals surface area (Å²) in [7, 11) is 1.23. The Labute approximate surface area is 145 Å². The first kappa shape index (κ1) is 18.3. The lowest BCUT2D eigenvalue weighted by molar-refractivity contribution is -0.163. The number of carbonyl (C=O) groups excluding carboxylic acids is 3. The van der Waals surface area contributed by atoms with E-state index in [2.05, 4.69) is 5.32 Å². The first-order valence-electron chi connectivity index (χ1n) is 7.67. The summed E-state index contributed by atoms with van der Waals surface area (Å²) in [4.78, 5) is 36.5. The predicted molar refractivity (Wildman–Crippen MR) is 87.8 cm³/mol. The van der Waals surface area contributed by atoms with Gasteiger partial charge in [0.1, 0.15) is 0 Å². The van der Waals surface area contributed by atoms with Gasteiger partial charge in [-0.1, -0.05) is 23.7 Å². The second kappa shape index (κ2) is 7.21. The fraction of sp³-hybridized carbons (Fsp3) is 0.471. The minimum Gasteiger partial charge on any atom is -0.468 e. The van der Waals surface area contributed by atoms with Crippen LogP contribution in [0.3, 0.4) is 0 Å². The van der Waals surface area contributed by atoms with Gasteiger partial charge in [0.25, 0.3) is 0 Å². The number of amides is 1. The van der Waals surface area contributed by atoms with E-state index in [1.807, 2.05) is 0 Å². The summed E-state index contributed by atoms with van der Waals surface area (Å²) in [5.74, 6) is -1.84. The van der Waals surface area contributed by atoms with Gasteiger partial charge >= 0.3 is 11.9 Å². The van der Waals surface area contributed by atoms with Crippen LogP contribution in [0.2, 0.25) is 5.02 Å². The van der Waals surface area contributed by atoms with E-state index in [4.69, 9.17) is 21.1 Å². The number of fused-ring (bicyclic) bond motifs is 1. The van der Waals surface area contributed by atoms with Gasteiger partial charge in [0.2, 0.25) is 5.91 Å². The molecule has 2 rings (SSSR count). The smallest absolute Gasteiger partial charge is 0.328 e. The number of nitrogens with one attached hydrogen (secondary N) is 1. The van der Waals surface area contributed by atoms with Crippen LogP contribution in [0.15, 0.2) is 18.2 Å². The molecule has 1 aromatic carbocycles. The summed E-state index contributed by atoms with van der Waals surface area (Å²) >= 11 is 6.32. The maximum Gasteiger partial charge on any atom is 0.328 e. The average Bonchev–Trinajstić information content (AvgIpc) is 2.89. The molecule has 1 N–H and O–H groups in total. The Morgan fingerprint density at radius 2 is 2.04 bits per heavy atom. The van der Waals surface area contributed by atoms with Crippen LogP contribution in [0.5, 0.6) is 0 Å². The van der Waals surface area contributed by atoms with E-state index < -0.39 is 17.4 Å². The molecule has 0 heterocycles. The molecule has 0 saturated carbocycles. The van der Waals surface area contributed by atoms with E-state index in [-0.39, 0.29) is 31.4 Å². The second-order valence-corrected chi connectivity index (χ2v) is 6.06. The van der Waals surface area contributed by atoms with E-state index in [0.717, 1.165) is 0 Å². The number of hydrogen-bond donors (Lipinski definition) is 1. The van der Waals surface area contributed by atoms with Gasteiger partial charge in [-0.25, -0.2) is 0 Å². The minimum atomic E-state index is -1.56. The van der Waals surface area contributed by atoms with Crippen LogP contribution in [0.4, 0.5) is 0 Å². The molecule has 2 atom stereocenters. The third-order valence-electron chi connectivity index (χ3n) is 4.23.